The molecule has 0 saturated heterocycles. The summed E-state index contributed by atoms with van der Waals surface area (Å²) in [5.74, 6) is -0.0221. The van der Waals surface area contributed by atoms with Crippen LogP contribution in [0.1, 0.15) is 70.1 Å². The van der Waals surface area contributed by atoms with Gasteiger partial charge in [-0.25, -0.2) is 4.79 Å². The number of ether oxygens (including phenoxy) is 1. The van der Waals surface area contributed by atoms with Crippen molar-refractivity contribution < 1.29 is 14.3 Å². The van der Waals surface area contributed by atoms with E-state index in [0.717, 1.165) is 55.5 Å². The second kappa shape index (κ2) is 12.4. The normalized spacial score (nSPS) is 21.7. The Labute approximate surface area is 212 Å². The maximum atomic E-state index is 12.8. The number of anilines is 1. The zero-order chi connectivity index (χ0) is 25.3. The number of hydrogen-bond acceptors (Lipinski definition) is 6. The van der Waals surface area contributed by atoms with Gasteiger partial charge < -0.3 is 15.4 Å². The topological polar surface area (TPSA) is 105 Å². The Morgan fingerprint density at radius 2 is 1.83 bits per heavy atom. The number of aromatic nitrogens is 1. The maximum Gasteiger partial charge on any atom is 0.407 e. The van der Waals surface area contributed by atoms with E-state index in [0.29, 0.717) is 24.3 Å². The van der Waals surface area contributed by atoms with Gasteiger partial charge in [0.25, 0.3) is 0 Å². The molecule has 2 heterocycles. The van der Waals surface area contributed by atoms with E-state index in [9.17, 15) is 9.59 Å². The molecule has 0 spiro atoms. The van der Waals surface area contributed by atoms with E-state index >= 15 is 0 Å². The molecule has 1 aliphatic heterocycles. The molecule has 1 aromatic heterocycles. The number of hydrogen-bond donors (Lipinski definition) is 2. The summed E-state index contributed by atoms with van der Waals surface area (Å²) in [5, 5.41) is 14.8. The first kappa shape index (κ1) is 25.5. The lowest BCUT2D eigenvalue weighted by Crippen LogP contribution is -2.44. The van der Waals surface area contributed by atoms with Crippen molar-refractivity contribution in [2.24, 2.45) is 22.0 Å². The Hall–Kier alpha value is -3.55. The molecule has 190 valence electrons. The van der Waals surface area contributed by atoms with Crippen molar-refractivity contribution in [3.63, 3.8) is 0 Å². The summed E-state index contributed by atoms with van der Waals surface area (Å²) in [7, 11) is 0. The number of carbonyl (C=O) groups is 2. The molecule has 3 unspecified atom stereocenters. The maximum absolute atomic E-state index is 12.8. The van der Waals surface area contributed by atoms with Gasteiger partial charge >= 0.3 is 6.09 Å². The van der Waals surface area contributed by atoms with Crippen molar-refractivity contribution in [3.8, 4) is 0 Å². The zero-order valence-electron chi connectivity index (χ0n) is 21.1. The fourth-order valence-corrected chi connectivity index (χ4v) is 4.99. The van der Waals surface area contributed by atoms with Gasteiger partial charge in [-0.3, -0.25) is 9.78 Å². The van der Waals surface area contributed by atoms with Crippen LogP contribution in [0.2, 0.25) is 0 Å². The highest BCUT2D eigenvalue weighted by Crippen LogP contribution is 2.36. The van der Waals surface area contributed by atoms with E-state index in [1.54, 1.807) is 6.20 Å². The van der Waals surface area contributed by atoms with E-state index in [1.165, 1.54) is 0 Å². The van der Waals surface area contributed by atoms with Crippen molar-refractivity contribution in [2.75, 3.05) is 5.32 Å². The van der Waals surface area contributed by atoms with Gasteiger partial charge in [0, 0.05) is 24.6 Å². The standard InChI is InChI=1S/C28H35N5O3/c1-3-10-25(34)31-21-15-16-23(29-18-21)27-26-22(19(2)32-33-27)13-8-5-9-14-24(26)36-28(35)30-17-20-11-6-4-7-12-20/h4,6-7,11-12,15-16,18,22,24,26H,3,5,8-10,13-14,17H2,1-2H3,(H,30,35)(H,31,34). The molecule has 8 heteroatoms. The summed E-state index contributed by atoms with van der Waals surface area (Å²) in [5.41, 5.74) is 4.06. The molecule has 2 aliphatic rings. The number of benzene rings is 1. The fourth-order valence-electron chi connectivity index (χ4n) is 4.99. The first-order valence-electron chi connectivity index (χ1n) is 12.9. The minimum absolute atomic E-state index is 0.0302. The van der Waals surface area contributed by atoms with Crippen LogP contribution in [-0.2, 0) is 16.1 Å². The third kappa shape index (κ3) is 6.56. The number of carbonyl (C=O) groups excluding carboxylic acids is 2. The molecule has 8 nitrogen and oxygen atoms in total. The monoisotopic (exact) mass is 489 g/mol. The summed E-state index contributed by atoms with van der Waals surface area (Å²) in [6, 6.07) is 13.5. The molecular weight excluding hydrogens is 454 g/mol. The van der Waals surface area contributed by atoms with Crippen molar-refractivity contribution in [3.05, 3.63) is 59.9 Å². The van der Waals surface area contributed by atoms with Crippen LogP contribution in [0, 0.1) is 11.8 Å². The van der Waals surface area contributed by atoms with Crippen molar-refractivity contribution >= 4 is 29.1 Å². The van der Waals surface area contributed by atoms with Crippen LogP contribution in [0.15, 0.2) is 58.9 Å². The van der Waals surface area contributed by atoms with Crippen LogP contribution >= 0.6 is 0 Å². The Kier molecular flexibility index (Phi) is 8.81. The highest BCUT2D eigenvalue weighted by Gasteiger charge is 2.41. The molecule has 1 saturated carbocycles. The number of pyridine rings is 1. The fraction of sp³-hybridized carbons (Fsp3) is 0.464. The van der Waals surface area contributed by atoms with Gasteiger partial charge in [0.2, 0.25) is 5.91 Å². The number of fused-ring (bicyclic) bond motifs is 1. The molecule has 1 aliphatic carbocycles. The summed E-state index contributed by atoms with van der Waals surface area (Å²) >= 11 is 0. The highest BCUT2D eigenvalue weighted by atomic mass is 16.6. The molecule has 2 aromatic rings. The molecule has 0 radical (unpaired) electrons. The SMILES string of the molecule is CCCC(=O)Nc1ccc(C2=NN=C(C)C3CCCCCC(OC(=O)NCc4ccccc4)C23)nc1. The van der Waals surface area contributed by atoms with Gasteiger partial charge in [0.15, 0.2) is 0 Å². The van der Waals surface area contributed by atoms with Gasteiger partial charge in [0.05, 0.1) is 29.2 Å². The average molecular weight is 490 g/mol. The summed E-state index contributed by atoms with van der Waals surface area (Å²) in [6.45, 7) is 4.39. The van der Waals surface area contributed by atoms with Crippen molar-refractivity contribution in [1.82, 2.24) is 10.3 Å². The highest BCUT2D eigenvalue weighted by molar-refractivity contribution is 6.06. The van der Waals surface area contributed by atoms with Crippen LogP contribution in [0.5, 0.6) is 0 Å². The number of nitrogens with one attached hydrogen (secondary N) is 2. The quantitative estimate of drug-likeness (QED) is 0.536. The lowest BCUT2D eigenvalue weighted by atomic mass is 9.73. The van der Waals surface area contributed by atoms with Crippen LogP contribution in [0.3, 0.4) is 0 Å². The number of nitrogens with zero attached hydrogens (tertiary/aromatic N) is 3. The molecule has 36 heavy (non-hydrogen) atoms. The van der Waals surface area contributed by atoms with Gasteiger partial charge in [-0.15, -0.1) is 0 Å². The van der Waals surface area contributed by atoms with Crippen molar-refractivity contribution in [2.45, 2.75) is 71.4 Å². The summed E-state index contributed by atoms with van der Waals surface area (Å²) < 4.78 is 6.05. The predicted molar refractivity (Wildman–Crippen MR) is 141 cm³/mol. The number of rotatable bonds is 7. The van der Waals surface area contributed by atoms with Crippen LogP contribution in [-0.4, -0.2) is 34.5 Å². The second-order valence-corrected chi connectivity index (χ2v) is 9.51. The number of alkyl carbamates (subject to hydrolysis) is 1. The van der Waals surface area contributed by atoms with E-state index in [-0.39, 0.29) is 23.8 Å². The van der Waals surface area contributed by atoms with Gasteiger partial charge in [-0.2, -0.15) is 10.2 Å². The van der Waals surface area contributed by atoms with Gasteiger partial charge in [-0.05, 0) is 50.3 Å². The Morgan fingerprint density at radius 3 is 2.58 bits per heavy atom. The van der Waals surface area contributed by atoms with Gasteiger partial charge in [-0.1, -0.05) is 50.1 Å². The van der Waals surface area contributed by atoms with E-state index in [2.05, 4.69) is 25.8 Å². The largest absolute Gasteiger partial charge is 0.446 e. The Balaban J connectivity index is 1.53. The molecule has 1 fully saturated rings. The minimum Gasteiger partial charge on any atom is -0.446 e. The van der Waals surface area contributed by atoms with E-state index in [1.807, 2.05) is 56.3 Å². The Morgan fingerprint density at radius 1 is 1.03 bits per heavy atom. The third-order valence-electron chi connectivity index (χ3n) is 6.83. The molecule has 1 aromatic carbocycles. The molecule has 0 bridgehead atoms. The van der Waals surface area contributed by atoms with E-state index < -0.39 is 6.09 Å². The summed E-state index contributed by atoms with van der Waals surface area (Å²) in [4.78, 5) is 29.4. The molecule has 2 N–H and O–H groups in total. The van der Waals surface area contributed by atoms with Crippen molar-refractivity contribution in [1.29, 1.82) is 0 Å². The second-order valence-electron chi connectivity index (χ2n) is 9.51. The molecule has 3 atom stereocenters. The minimum atomic E-state index is -0.426. The molecule has 2 amide bonds. The molecular formula is C28H35N5O3. The molecule has 4 rings (SSSR count). The zero-order valence-corrected chi connectivity index (χ0v) is 21.1. The lowest BCUT2D eigenvalue weighted by Gasteiger charge is -2.37. The third-order valence-corrected chi connectivity index (χ3v) is 6.83. The predicted octanol–water partition coefficient (Wildman–Crippen LogP) is 5.49. The Bertz CT molecular complexity index is 1100. The van der Waals surface area contributed by atoms with Crippen LogP contribution < -0.4 is 10.6 Å². The first-order chi connectivity index (χ1) is 17.5. The smallest absolute Gasteiger partial charge is 0.407 e. The number of amides is 2. The lowest BCUT2D eigenvalue weighted by molar-refractivity contribution is -0.116. The van der Waals surface area contributed by atoms with Crippen LogP contribution in [0.4, 0.5) is 10.5 Å². The van der Waals surface area contributed by atoms with Crippen LogP contribution in [0.25, 0.3) is 0 Å². The first-order valence-corrected chi connectivity index (χ1v) is 12.9. The van der Waals surface area contributed by atoms with Gasteiger partial charge in [0.1, 0.15) is 6.10 Å². The van der Waals surface area contributed by atoms with E-state index in [4.69, 9.17) is 4.74 Å². The average Bonchev–Trinajstić information content (AvgIpc) is 2.87. The summed E-state index contributed by atoms with van der Waals surface area (Å²) in [6.07, 6.45) is 7.06.